The number of fused-ring (bicyclic) bond motifs is 3. The van der Waals surface area contributed by atoms with E-state index in [0.29, 0.717) is 24.2 Å². The zero-order chi connectivity index (χ0) is 17.8. The molecule has 6 nitrogen and oxygen atoms in total. The molecule has 0 aromatic carbocycles. The second-order valence-electron chi connectivity index (χ2n) is 6.72. The maximum absolute atomic E-state index is 12.7. The summed E-state index contributed by atoms with van der Waals surface area (Å²) in [6.45, 7) is 3.61. The molecule has 0 bridgehead atoms. The lowest BCUT2D eigenvalue weighted by molar-refractivity contribution is -0.120. The highest BCUT2D eigenvalue weighted by Crippen LogP contribution is 2.46. The van der Waals surface area contributed by atoms with Crippen LogP contribution >= 0.6 is 15.9 Å². The number of anilines is 1. The van der Waals surface area contributed by atoms with Gasteiger partial charge in [-0.3, -0.25) is 9.78 Å². The largest absolute Gasteiger partial charge is 0.459 e. The molecule has 1 amide bonds. The molecule has 0 unspecified atom stereocenters. The van der Waals surface area contributed by atoms with Gasteiger partial charge in [-0.25, -0.2) is 9.78 Å². The summed E-state index contributed by atoms with van der Waals surface area (Å²) in [6.07, 6.45) is 3.99. The normalized spacial score (nSPS) is 20.6. The fourth-order valence-electron chi connectivity index (χ4n) is 3.52. The van der Waals surface area contributed by atoms with E-state index in [0.717, 1.165) is 21.3 Å². The number of nitrogens with zero attached hydrogens (tertiary/aromatic N) is 2. The van der Waals surface area contributed by atoms with Crippen molar-refractivity contribution in [3.63, 3.8) is 0 Å². The number of carbonyl (C=O) groups is 2. The Balaban J connectivity index is 1.71. The fourth-order valence-corrected chi connectivity index (χ4v) is 3.85. The first-order valence-electron chi connectivity index (χ1n) is 8.05. The average Bonchev–Trinajstić information content (AvgIpc) is 3.06. The monoisotopic (exact) mass is 401 g/mol. The number of amides is 1. The van der Waals surface area contributed by atoms with Crippen LogP contribution < -0.4 is 5.32 Å². The smallest absolute Gasteiger partial charge is 0.339 e. The van der Waals surface area contributed by atoms with Crippen LogP contribution in [0.25, 0.3) is 0 Å². The van der Waals surface area contributed by atoms with E-state index in [2.05, 4.69) is 31.2 Å². The molecule has 7 heteroatoms. The number of carbonyl (C=O) groups excluding carboxylic acids is 2. The molecule has 1 aliphatic carbocycles. The molecule has 2 aromatic heterocycles. The van der Waals surface area contributed by atoms with E-state index < -0.39 is 11.4 Å². The minimum absolute atomic E-state index is 0.0718. The van der Waals surface area contributed by atoms with Crippen molar-refractivity contribution in [1.29, 1.82) is 0 Å². The van der Waals surface area contributed by atoms with Crippen molar-refractivity contribution in [2.75, 3.05) is 5.32 Å². The van der Waals surface area contributed by atoms with Crippen LogP contribution in [0.4, 0.5) is 5.82 Å². The maximum Gasteiger partial charge on any atom is 0.339 e. The molecular weight excluding hydrogens is 386 g/mol. The number of nitrogens with one attached hydrogen (secondary N) is 1. The second kappa shape index (κ2) is 5.62. The Morgan fingerprint density at radius 2 is 2.08 bits per heavy atom. The lowest BCUT2D eigenvalue weighted by Gasteiger charge is -2.20. The number of hydrogen-bond donors (Lipinski definition) is 1. The van der Waals surface area contributed by atoms with Crippen molar-refractivity contribution < 1.29 is 14.3 Å². The van der Waals surface area contributed by atoms with Gasteiger partial charge >= 0.3 is 5.97 Å². The van der Waals surface area contributed by atoms with E-state index in [1.165, 1.54) is 6.20 Å². The summed E-state index contributed by atoms with van der Waals surface area (Å²) in [5.74, 6) is 0.129. The Bertz CT molecular complexity index is 912. The van der Waals surface area contributed by atoms with Crippen molar-refractivity contribution in [3.05, 3.63) is 51.4 Å². The summed E-state index contributed by atoms with van der Waals surface area (Å²) in [5.41, 5.74) is 2.32. The first-order valence-corrected chi connectivity index (χ1v) is 8.84. The van der Waals surface area contributed by atoms with Gasteiger partial charge < -0.3 is 10.1 Å². The van der Waals surface area contributed by atoms with Gasteiger partial charge in [-0.1, -0.05) is 0 Å². The van der Waals surface area contributed by atoms with Gasteiger partial charge in [0.1, 0.15) is 5.82 Å². The Labute approximate surface area is 153 Å². The van der Waals surface area contributed by atoms with E-state index in [-0.39, 0.29) is 12.0 Å². The van der Waals surface area contributed by atoms with Gasteiger partial charge in [0.15, 0.2) is 0 Å². The Morgan fingerprint density at radius 3 is 2.84 bits per heavy atom. The van der Waals surface area contributed by atoms with E-state index in [1.54, 1.807) is 26.1 Å². The number of ether oxygens (including phenoxy) is 1. The Morgan fingerprint density at radius 1 is 1.28 bits per heavy atom. The molecule has 3 heterocycles. The maximum atomic E-state index is 12.7. The quantitative estimate of drug-likeness (QED) is 0.782. The summed E-state index contributed by atoms with van der Waals surface area (Å²) in [4.78, 5) is 33.6. The van der Waals surface area contributed by atoms with E-state index >= 15 is 0 Å². The van der Waals surface area contributed by atoms with Crippen LogP contribution in [0.2, 0.25) is 0 Å². The highest BCUT2D eigenvalue weighted by Gasteiger charge is 2.52. The van der Waals surface area contributed by atoms with Gasteiger partial charge in [0.05, 0.1) is 17.1 Å². The molecule has 2 aromatic rings. The third-order valence-corrected chi connectivity index (χ3v) is 5.07. The molecule has 0 saturated carbocycles. The second-order valence-corrected chi connectivity index (χ2v) is 7.64. The molecule has 1 aliphatic heterocycles. The molecule has 2 aliphatic rings. The van der Waals surface area contributed by atoms with Crippen LogP contribution in [0, 0.1) is 0 Å². The summed E-state index contributed by atoms with van der Waals surface area (Å²) < 4.78 is 6.06. The van der Waals surface area contributed by atoms with Crippen molar-refractivity contribution in [3.8, 4) is 0 Å². The van der Waals surface area contributed by atoms with Gasteiger partial charge in [-0.15, -0.1) is 0 Å². The van der Waals surface area contributed by atoms with E-state index in [9.17, 15) is 9.59 Å². The average molecular weight is 402 g/mol. The molecule has 4 rings (SSSR count). The Hall–Kier alpha value is -2.28. The number of hydrogen-bond acceptors (Lipinski definition) is 5. The van der Waals surface area contributed by atoms with Crippen molar-refractivity contribution in [2.24, 2.45) is 0 Å². The standard InChI is InChI=1S/C18H16BrN3O3/c1-9(2)25-16(23)11-3-10-5-18(6-14(10)20-7-11)13-4-12(19)8-21-15(13)22-17(18)24/h3-4,7-9H,5-6H2,1-2H3,(H,21,22,24)/t18-/m0/s1. The molecule has 25 heavy (non-hydrogen) atoms. The number of pyridine rings is 2. The SMILES string of the molecule is CC(C)OC(=O)c1cnc2c(c1)C[C@@]1(C2)C(=O)Nc2ncc(Br)cc21. The van der Waals surface area contributed by atoms with Crippen molar-refractivity contribution in [1.82, 2.24) is 9.97 Å². The van der Waals surface area contributed by atoms with Gasteiger partial charge in [0.2, 0.25) is 5.91 Å². The summed E-state index contributed by atoms with van der Waals surface area (Å²) in [5, 5.41) is 2.87. The zero-order valence-corrected chi connectivity index (χ0v) is 15.4. The lowest BCUT2D eigenvalue weighted by atomic mass is 9.80. The van der Waals surface area contributed by atoms with Gasteiger partial charge in [0, 0.05) is 34.5 Å². The summed E-state index contributed by atoms with van der Waals surface area (Å²) in [7, 11) is 0. The molecule has 1 spiro atoms. The minimum atomic E-state index is -0.706. The van der Waals surface area contributed by atoms with Crippen molar-refractivity contribution in [2.45, 2.75) is 38.2 Å². The van der Waals surface area contributed by atoms with Gasteiger partial charge in [-0.2, -0.15) is 0 Å². The third kappa shape index (κ3) is 2.54. The van der Waals surface area contributed by atoms with Gasteiger partial charge in [0.25, 0.3) is 0 Å². The number of halogens is 1. The highest BCUT2D eigenvalue weighted by molar-refractivity contribution is 9.10. The van der Waals surface area contributed by atoms with E-state index in [1.807, 2.05) is 6.07 Å². The predicted octanol–water partition coefficient (Wildman–Crippen LogP) is 2.79. The lowest BCUT2D eigenvalue weighted by Crippen LogP contribution is -2.35. The van der Waals surface area contributed by atoms with Crippen LogP contribution in [0.1, 0.15) is 41.0 Å². The van der Waals surface area contributed by atoms with Crippen LogP contribution in [0.15, 0.2) is 29.0 Å². The fraction of sp³-hybridized carbons (Fsp3) is 0.333. The molecule has 1 N–H and O–H groups in total. The molecular formula is C18H16BrN3O3. The minimum Gasteiger partial charge on any atom is -0.459 e. The van der Waals surface area contributed by atoms with Crippen LogP contribution in [-0.4, -0.2) is 27.9 Å². The van der Waals surface area contributed by atoms with Crippen molar-refractivity contribution >= 4 is 33.6 Å². The van der Waals surface area contributed by atoms with E-state index in [4.69, 9.17) is 4.74 Å². The van der Waals surface area contributed by atoms with Crippen LogP contribution in [-0.2, 0) is 27.8 Å². The molecule has 128 valence electrons. The highest BCUT2D eigenvalue weighted by atomic mass is 79.9. The zero-order valence-electron chi connectivity index (χ0n) is 13.8. The number of esters is 1. The molecule has 1 atom stereocenters. The molecule has 0 fully saturated rings. The van der Waals surface area contributed by atoms with Crippen LogP contribution in [0.5, 0.6) is 0 Å². The first kappa shape index (κ1) is 16.2. The Kier molecular flexibility index (Phi) is 3.64. The topological polar surface area (TPSA) is 81.2 Å². The van der Waals surface area contributed by atoms with Crippen LogP contribution in [0.3, 0.4) is 0 Å². The predicted molar refractivity (Wildman–Crippen MR) is 94.4 cm³/mol. The molecule has 0 radical (unpaired) electrons. The number of aromatic nitrogens is 2. The van der Waals surface area contributed by atoms with Gasteiger partial charge in [-0.05, 0) is 53.9 Å². The summed E-state index contributed by atoms with van der Waals surface area (Å²) in [6, 6.07) is 3.72. The first-order chi connectivity index (χ1) is 11.9. The number of rotatable bonds is 2. The summed E-state index contributed by atoms with van der Waals surface area (Å²) >= 11 is 3.43. The third-order valence-electron chi connectivity index (χ3n) is 4.64. The molecule has 0 saturated heterocycles.